The van der Waals surface area contributed by atoms with Crippen LogP contribution in [-0.2, 0) is 0 Å². The minimum atomic E-state index is 0.0923. The molecular formula is C10H22N2. The Morgan fingerprint density at radius 2 is 1.83 bits per heavy atom. The van der Waals surface area contributed by atoms with Crippen LogP contribution in [0.4, 0.5) is 0 Å². The summed E-state index contributed by atoms with van der Waals surface area (Å²) in [6.45, 7) is 4.38. The minimum absolute atomic E-state index is 0.0923. The van der Waals surface area contributed by atoms with E-state index in [0.29, 0.717) is 6.04 Å². The molecule has 0 bridgehead atoms. The predicted molar refractivity (Wildman–Crippen MR) is 53.1 cm³/mol. The third-order valence-corrected chi connectivity index (χ3v) is 3.39. The van der Waals surface area contributed by atoms with Crippen LogP contribution < -0.4 is 11.1 Å². The molecule has 0 aromatic carbocycles. The van der Waals surface area contributed by atoms with Gasteiger partial charge in [0.15, 0.2) is 0 Å². The highest BCUT2D eigenvalue weighted by molar-refractivity contribution is 4.93. The van der Waals surface area contributed by atoms with Gasteiger partial charge in [-0.2, -0.15) is 0 Å². The molecule has 0 amide bonds. The average Bonchev–Trinajstić information content (AvgIpc) is 2.55. The van der Waals surface area contributed by atoms with Crippen molar-refractivity contribution in [2.75, 3.05) is 7.05 Å². The lowest BCUT2D eigenvalue weighted by Gasteiger charge is -2.35. The van der Waals surface area contributed by atoms with Crippen molar-refractivity contribution in [1.82, 2.24) is 5.32 Å². The van der Waals surface area contributed by atoms with Gasteiger partial charge in [0.1, 0.15) is 0 Å². The van der Waals surface area contributed by atoms with E-state index in [4.69, 9.17) is 5.73 Å². The highest BCUT2D eigenvalue weighted by Gasteiger charge is 2.32. The van der Waals surface area contributed by atoms with E-state index in [1.54, 1.807) is 0 Å². The molecule has 1 fully saturated rings. The zero-order valence-corrected chi connectivity index (χ0v) is 8.56. The van der Waals surface area contributed by atoms with Crippen molar-refractivity contribution in [3.63, 3.8) is 0 Å². The van der Waals surface area contributed by atoms with Crippen LogP contribution in [0.2, 0.25) is 0 Å². The highest BCUT2D eigenvalue weighted by atomic mass is 15.0. The maximum Gasteiger partial charge on any atom is 0.0276 e. The quantitative estimate of drug-likeness (QED) is 0.673. The van der Waals surface area contributed by atoms with Gasteiger partial charge < -0.3 is 11.1 Å². The highest BCUT2D eigenvalue weighted by Crippen LogP contribution is 2.30. The maximum atomic E-state index is 6.20. The van der Waals surface area contributed by atoms with Crippen molar-refractivity contribution >= 4 is 0 Å². The number of rotatable bonds is 3. The smallest absolute Gasteiger partial charge is 0.0276 e. The number of hydrogen-bond donors (Lipinski definition) is 2. The van der Waals surface area contributed by atoms with Gasteiger partial charge in [0, 0.05) is 11.6 Å². The maximum absolute atomic E-state index is 6.20. The fraction of sp³-hybridized carbons (Fsp3) is 1.00. The van der Waals surface area contributed by atoms with Crippen molar-refractivity contribution < 1.29 is 0 Å². The van der Waals surface area contributed by atoms with Crippen molar-refractivity contribution in [2.45, 2.75) is 51.1 Å². The molecule has 0 aromatic rings. The summed E-state index contributed by atoms with van der Waals surface area (Å²) in [6.07, 6.45) is 5.40. The second-order valence-corrected chi connectivity index (χ2v) is 4.54. The second-order valence-electron chi connectivity index (χ2n) is 4.54. The SMILES string of the molecule is CNC(C)(C)C(N)C1CCCC1. The lowest BCUT2D eigenvalue weighted by molar-refractivity contribution is 0.262. The van der Waals surface area contributed by atoms with Crippen LogP contribution in [0.1, 0.15) is 39.5 Å². The Morgan fingerprint density at radius 1 is 1.33 bits per heavy atom. The Bertz CT molecular complexity index is 137. The first-order valence-electron chi connectivity index (χ1n) is 5.02. The van der Waals surface area contributed by atoms with Gasteiger partial charge in [0.05, 0.1) is 0 Å². The molecule has 1 saturated carbocycles. The van der Waals surface area contributed by atoms with Crippen molar-refractivity contribution in [1.29, 1.82) is 0 Å². The standard InChI is InChI=1S/C10H22N2/c1-10(2,12-3)9(11)8-6-4-5-7-8/h8-9,12H,4-7,11H2,1-3H3. The van der Waals surface area contributed by atoms with Crippen LogP contribution in [0.15, 0.2) is 0 Å². The first-order valence-corrected chi connectivity index (χ1v) is 5.02. The molecule has 1 atom stereocenters. The third-order valence-electron chi connectivity index (χ3n) is 3.39. The van der Waals surface area contributed by atoms with Gasteiger partial charge >= 0.3 is 0 Å². The normalized spacial score (nSPS) is 23.0. The van der Waals surface area contributed by atoms with Crippen LogP contribution in [0.5, 0.6) is 0 Å². The number of nitrogens with two attached hydrogens (primary N) is 1. The molecule has 2 heteroatoms. The van der Waals surface area contributed by atoms with Crippen molar-refractivity contribution in [3.05, 3.63) is 0 Å². The first-order chi connectivity index (χ1) is 5.58. The topological polar surface area (TPSA) is 38.0 Å². The van der Waals surface area contributed by atoms with E-state index in [-0.39, 0.29) is 5.54 Å². The van der Waals surface area contributed by atoms with Crippen molar-refractivity contribution in [3.8, 4) is 0 Å². The van der Waals surface area contributed by atoms with Crippen LogP contribution in [0, 0.1) is 5.92 Å². The Hall–Kier alpha value is -0.0800. The van der Waals surface area contributed by atoms with Gasteiger partial charge in [0.25, 0.3) is 0 Å². The largest absolute Gasteiger partial charge is 0.326 e. The number of hydrogen-bond acceptors (Lipinski definition) is 2. The van der Waals surface area contributed by atoms with Gasteiger partial charge in [-0.1, -0.05) is 12.8 Å². The Labute approximate surface area is 75.9 Å². The summed E-state index contributed by atoms with van der Waals surface area (Å²) in [7, 11) is 1.99. The Kier molecular flexibility index (Phi) is 3.13. The summed E-state index contributed by atoms with van der Waals surface area (Å²) in [4.78, 5) is 0. The molecule has 0 spiro atoms. The zero-order valence-electron chi connectivity index (χ0n) is 8.56. The van der Waals surface area contributed by atoms with Gasteiger partial charge in [-0.05, 0) is 39.7 Å². The van der Waals surface area contributed by atoms with Crippen LogP contribution in [0.25, 0.3) is 0 Å². The molecule has 12 heavy (non-hydrogen) atoms. The molecule has 1 aliphatic carbocycles. The van der Waals surface area contributed by atoms with Crippen molar-refractivity contribution in [2.24, 2.45) is 11.7 Å². The summed E-state index contributed by atoms with van der Waals surface area (Å²) in [5.41, 5.74) is 6.30. The molecule has 3 N–H and O–H groups in total. The molecule has 72 valence electrons. The van der Waals surface area contributed by atoms with Gasteiger partial charge in [-0.15, -0.1) is 0 Å². The minimum Gasteiger partial charge on any atom is -0.326 e. The summed E-state index contributed by atoms with van der Waals surface area (Å²) in [6, 6.07) is 0.310. The summed E-state index contributed by atoms with van der Waals surface area (Å²) >= 11 is 0. The Morgan fingerprint density at radius 3 is 2.25 bits per heavy atom. The molecule has 1 unspecified atom stereocenters. The molecule has 1 aliphatic rings. The van der Waals surface area contributed by atoms with Crippen LogP contribution in [0.3, 0.4) is 0 Å². The average molecular weight is 170 g/mol. The molecule has 0 saturated heterocycles. The summed E-state index contributed by atoms with van der Waals surface area (Å²) in [5.74, 6) is 0.743. The molecular weight excluding hydrogens is 148 g/mol. The predicted octanol–water partition coefficient (Wildman–Crippen LogP) is 1.50. The molecule has 0 radical (unpaired) electrons. The third kappa shape index (κ3) is 1.99. The van der Waals surface area contributed by atoms with Gasteiger partial charge in [0.2, 0.25) is 0 Å². The summed E-state index contributed by atoms with van der Waals surface area (Å²) in [5, 5.41) is 3.29. The number of likely N-dealkylation sites (N-methyl/N-ethyl adjacent to an activating group) is 1. The van der Waals surface area contributed by atoms with Gasteiger partial charge in [-0.3, -0.25) is 0 Å². The van der Waals surface area contributed by atoms with E-state index < -0.39 is 0 Å². The zero-order chi connectivity index (χ0) is 9.19. The molecule has 0 aromatic heterocycles. The molecule has 1 rings (SSSR count). The fourth-order valence-electron chi connectivity index (χ4n) is 2.07. The molecule has 0 heterocycles. The van der Waals surface area contributed by atoms with E-state index in [2.05, 4.69) is 19.2 Å². The van der Waals surface area contributed by atoms with E-state index in [9.17, 15) is 0 Å². The monoisotopic (exact) mass is 170 g/mol. The lowest BCUT2D eigenvalue weighted by Crippen LogP contribution is -2.55. The number of nitrogens with one attached hydrogen (secondary N) is 1. The van der Waals surface area contributed by atoms with E-state index in [1.165, 1.54) is 25.7 Å². The van der Waals surface area contributed by atoms with E-state index >= 15 is 0 Å². The van der Waals surface area contributed by atoms with E-state index in [0.717, 1.165) is 5.92 Å². The summed E-state index contributed by atoms with van der Waals surface area (Å²) < 4.78 is 0. The second kappa shape index (κ2) is 3.75. The Balaban J connectivity index is 2.50. The molecule has 0 aliphatic heterocycles. The van der Waals surface area contributed by atoms with Crippen LogP contribution >= 0.6 is 0 Å². The lowest BCUT2D eigenvalue weighted by atomic mass is 9.84. The molecule has 2 nitrogen and oxygen atoms in total. The fourth-order valence-corrected chi connectivity index (χ4v) is 2.07. The van der Waals surface area contributed by atoms with Crippen LogP contribution in [-0.4, -0.2) is 18.6 Å². The first kappa shape index (κ1) is 10.0. The van der Waals surface area contributed by atoms with Gasteiger partial charge in [-0.25, -0.2) is 0 Å². The van der Waals surface area contributed by atoms with E-state index in [1.807, 2.05) is 7.05 Å².